The number of hydrogen-bond donors (Lipinski definition) is 2. The van der Waals surface area contributed by atoms with Gasteiger partial charge in [0.1, 0.15) is 0 Å². The zero-order valence-electron chi connectivity index (χ0n) is 10.0. The highest BCUT2D eigenvalue weighted by atomic mass is 16.4. The average Bonchev–Trinajstić information content (AvgIpc) is 2.38. The van der Waals surface area contributed by atoms with Crippen LogP contribution in [0.25, 0.3) is 0 Å². The Morgan fingerprint density at radius 1 is 1.39 bits per heavy atom. The summed E-state index contributed by atoms with van der Waals surface area (Å²) in [6.45, 7) is 0.864. The van der Waals surface area contributed by atoms with Crippen LogP contribution in [-0.4, -0.2) is 35.1 Å². The van der Waals surface area contributed by atoms with Crippen LogP contribution in [0.5, 0.6) is 0 Å². The molecule has 0 radical (unpaired) electrons. The summed E-state index contributed by atoms with van der Waals surface area (Å²) in [5.74, 6) is -0.889. The van der Waals surface area contributed by atoms with E-state index in [0.717, 1.165) is 12.0 Å². The Labute approximate surface area is 105 Å². The summed E-state index contributed by atoms with van der Waals surface area (Å²) in [4.78, 5) is 24.0. The van der Waals surface area contributed by atoms with Gasteiger partial charge in [-0.2, -0.15) is 0 Å². The number of nitrogens with one attached hydrogen (secondary N) is 1. The fourth-order valence-corrected chi connectivity index (χ4v) is 2.21. The van der Waals surface area contributed by atoms with E-state index in [-0.39, 0.29) is 25.0 Å². The summed E-state index contributed by atoms with van der Waals surface area (Å²) >= 11 is 0. The molecule has 1 saturated heterocycles. The van der Waals surface area contributed by atoms with Crippen LogP contribution in [0.3, 0.4) is 0 Å². The highest BCUT2D eigenvalue weighted by Gasteiger charge is 2.28. The zero-order chi connectivity index (χ0) is 13.0. The van der Waals surface area contributed by atoms with Crippen molar-refractivity contribution in [1.29, 1.82) is 0 Å². The zero-order valence-corrected chi connectivity index (χ0v) is 10.0. The molecule has 0 aliphatic carbocycles. The van der Waals surface area contributed by atoms with Crippen LogP contribution in [0.1, 0.15) is 24.4 Å². The molecule has 1 aromatic rings. The minimum Gasteiger partial charge on any atom is -0.481 e. The number of nitrogens with zero attached hydrogens (tertiary/aromatic N) is 1. The van der Waals surface area contributed by atoms with Crippen LogP contribution < -0.4 is 5.32 Å². The first kappa shape index (κ1) is 12.4. The molecule has 18 heavy (non-hydrogen) atoms. The summed E-state index contributed by atoms with van der Waals surface area (Å²) in [6, 6.07) is 9.51. The lowest BCUT2D eigenvalue weighted by molar-refractivity contribution is -0.137. The number of carbonyl (C=O) groups excluding carboxylic acids is 1. The Kier molecular flexibility index (Phi) is 3.82. The molecule has 1 unspecified atom stereocenters. The van der Waals surface area contributed by atoms with E-state index < -0.39 is 5.97 Å². The number of urea groups is 1. The third kappa shape index (κ3) is 2.80. The van der Waals surface area contributed by atoms with E-state index in [1.54, 1.807) is 4.90 Å². The summed E-state index contributed by atoms with van der Waals surface area (Å²) in [5.41, 5.74) is 1.05. The molecule has 2 rings (SSSR count). The van der Waals surface area contributed by atoms with E-state index in [2.05, 4.69) is 5.32 Å². The van der Waals surface area contributed by atoms with Gasteiger partial charge in [0.25, 0.3) is 0 Å². The Bertz CT molecular complexity index is 433. The first-order valence-electron chi connectivity index (χ1n) is 5.99. The van der Waals surface area contributed by atoms with Crippen LogP contribution in [0.15, 0.2) is 30.3 Å². The molecule has 0 aromatic heterocycles. The van der Waals surface area contributed by atoms with Crippen molar-refractivity contribution < 1.29 is 14.7 Å². The molecule has 1 heterocycles. The minimum absolute atomic E-state index is 0.0284. The summed E-state index contributed by atoms with van der Waals surface area (Å²) < 4.78 is 0. The molecule has 2 amide bonds. The molecule has 1 aliphatic rings. The molecule has 1 aliphatic heterocycles. The third-order valence-corrected chi connectivity index (χ3v) is 3.08. The van der Waals surface area contributed by atoms with E-state index in [0.29, 0.717) is 6.54 Å². The van der Waals surface area contributed by atoms with Gasteiger partial charge < -0.3 is 15.3 Å². The van der Waals surface area contributed by atoms with Crippen molar-refractivity contribution in [2.24, 2.45) is 0 Å². The largest absolute Gasteiger partial charge is 0.481 e. The predicted octanol–water partition coefficient (Wildman–Crippen LogP) is 1.62. The van der Waals surface area contributed by atoms with E-state index in [1.165, 1.54) is 0 Å². The van der Waals surface area contributed by atoms with Gasteiger partial charge in [-0.05, 0) is 12.0 Å². The fraction of sp³-hybridized carbons (Fsp3) is 0.385. The quantitative estimate of drug-likeness (QED) is 0.850. The van der Waals surface area contributed by atoms with Crippen LogP contribution in [-0.2, 0) is 4.79 Å². The van der Waals surface area contributed by atoms with Crippen LogP contribution >= 0.6 is 0 Å². The second-order valence-electron chi connectivity index (χ2n) is 4.28. The maximum atomic E-state index is 11.8. The van der Waals surface area contributed by atoms with Gasteiger partial charge in [-0.3, -0.25) is 4.79 Å². The van der Waals surface area contributed by atoms with Crippen LogP contribution in [0, 0.1) is 0 Å². The van der Waals surface area contributed by atoms with Gasteiger partial charge in [0.15, 0.2) is 0 Å². The van der Waals surface area contributed by atoms with Gasteiger partial charge in [0, 0.05) is 13.1 Å². The smallest absolute Gasteiger partial charge is 0.317 e. The second kappa shape index (κ2) is 5.53. The van der Waals surface area contributed by atoms with Gasteiger partial charge in [0.05, 0.1) is 12.5 Å². The third-order valence-electron chi connectivity index (χ3n) is 3.08. The van der Waals surface area contributed by atoms with E-state index in [1.807, 2.05) is 30.3 Å². The highest BCUT2D eigenvalue weighted by Crippen LogP contribution is 2.26. The second-order valence-corrected chi connectivity index (χ2v) is 4.28. The molecular formula is C13H16N2O3. The highest BCUT2D eigenvalue weighted by molar-refractivity contribution is 5.76. The Balaban J connectivity index is 2.15. The van der Waals surface area contributed by atoms with Crippen molar-refractivity contribution in [3.63, 3.8) is 0 Å². The first-order chi connectivity index (χ1) is 8.68. The average molecular weight is 248 g/mol. The maximum absolute atomic E-state index is 11.8. The van der Waals surface area contributed by atoms with Crippen LogP contribution in [0.2, 0.25) is 0 Å². The minimum atomic E-state index is -0.889. The molecular weight excluding hydrogens is 232 g/mol. The van der Waals surface area contributed by atoms with Crippen molar-refractivity contribution in [3.05, 3.63) is 35.9 Å². The van der Waals surface area contributed by atoms with Crippen LogP contribution in [0.4, 0.5) is 4.79 Å². The molecule has 5 heteroatoms. The van der Waals surface area contributed by atoms with Gasteiger partial charge >= 0.3 is 12.0 Å². The lowest BCUT2D eigenvalue weighted by atomic mass is 10.0. The van der Waals surface area contributed by atoms with E-state index in [4.69, 9.17) is 5.11 Å². The molecule has 2 N–H and O–H groups in total. The summed E-state index contributed by atoms with van der Waals surface area (Å²) in [7, 11) is 0. The molecule has 1 atom stereocenters. The van der Waals surface area contributed by atoms with Gasteiger partial charge in [-0.1, -0.05) is 30.3 Å². The Hall–Kier alpha value is -2.04. The Morgan fingerprint density at radius 2 is 2.11 bits per heavy atom. The number of aliphatic carboxylic acids is 1. The van der Waals surface area contributed by atoms with E-state index >= 15 is 0 Å². The molecule has 96 valence electrons. The lowest BCUT2D eigenvalue weighted by Crippen LogP contribution is -2.48. The Morgan fingerprint density at radius 3 is 2.78 bits per heavy atom. The number of carboxylic acids is 1. The standard InChI is InChI=1S/C13H16N2O3/c16-12(17)7-9-15-11(6-8-14-13(15)18)10-4-2-1-3-5-10/h1-5,11H,6-9H2,(H,14,18)(H,16,17). The molecule has 1 fully saturated rings. The monoisotopic (exact) mass is 248 g/mol. The number of benzene rings is 1. The number of amides is 2. The van der Waals surface area contributed by atoms with E-state index in [9.17, 15) is 9.59 Å². The molecule has 5 nitrogen and oxygen atoms in total. The van der Waals surface area contributed by atoms with Gasteiger partial charge in [-0.25, -0.2) is 4.79 Å². The molecule has 0 spiro atoms. The SMILES string of the molecule is O=C(O)CCN1C(=O)NCCC1c1ccccc1. The predicted molar refractivity (Wildman–Crippen MR) is 66.2 cm³/mol. The van der Waals surface area contributed by atoms with Crippen molar-refractivity contribution in [1.82, 2.24) is 10.2 Å². The van der Waals surface area contributed by atoms with Gasteiger partial charge in [0.2, 0.25) is 0 Å². The normalized spacial score (nSPS) is 19.4. The summed E-state index contributed by atoms with van der Waals surface area (Å²) in [6.07, 6.45) is 0.770. The number of rotatable bonds is 4. The maximum Gasteiger partial charge on any atom is 0.317 e. The number of carboxylic acid groups (broad SMARTS) is 1. The fourth-order valence-electron chi connectivity index (χ4n) is 2.21. The molecule has 0 saturated carbocycles. The van der Waals surface area contributed by atoms with Crippen molar-refractivity contribution in [2.45, 2.75) is 18.9 Å². The topological polar surface area (TPSA) is 69.6 Å². The molecule has 1 aromatic carbocycles. The number of carbonyl (C=O) groups is 2. The van der Waals surface area contributed by atoms with Crippen molar-refractivity contribution in [3.8, 4) is 0 Å². The lowest BCUT2D eigenvalue weighted by Gasteiger charge is -2.36. The molecule has 0 bridgehead atoms. The number of hydrogen-bond acceptors (Lipinski definition) is 2. The van der Waals surface area contributed by atoms with Crippen molar-refractivity contribution in [2.75, 3.05) is 13.1 Å². The van der Waals surface area contributed by atoms with Gasteiger partial charge in [-0.15, -0.1) is 0 Å². The first-order valence-corrected chi connectivity index (χ1v) is 5.99. The van der Waals surface area contributed by atoms with Crippen molar-refractivity contribution >= 4 is 12.0 Å². The summed E-state index contributed by atoms with van der Waals surface area (Å²) in [5, 5.41) is 11.5.